The number of benzene rings is 1. The predicted molar refractivity (Wildman–Crippen MR) is 77.4 cm³/mol. The molecule has 0 aliphatic carbocycles. The summed E-state index contributed by atoms with van der Waals surface area (Å²) in [6, 6.07) is 5.92. The normalized spacial score (nSPS) is 10.5. The third-order valence-electron chi connectivity index (χ3n) is 2.95. The van der Waals surface area contributed by atoms with Gasteiger partial charge in [0.25, 0.3) is 5.91 Å². The molecule has 0 aliphatic rings. The van der Waals surface area contributed by atoms with Crippen molar-refractivity contribution in [2.45, 2.75) is 20.3 Å². The Bertz CT molecular complexity index is 390. The third-order valence-corrected chi connectivity index (χ3v) is 2.95. The number of amides is 1. The van der Waals surface area contributed by atoms with Crippen molar-refractivity contribution >= 4 is 5.91 Å². The molecular weight excluding hydrogens is 240 g/mol. The van der Waals surface area contributed by atoms with Crippen LogP contribution in [0.1, 0.15) is 27.9 Å². The lowest BCUT2D eigenvalue weighted by atomic mass is 10.1. The minimum atomic E-state index is 0.0531. The Morgan fingerprint density at radius 2 is 1.84 bits per heavy atom. The number of aryl methyl sites for hydroxylation is 2. The molecule has 0 bridgehead atoms. The van der Waals surface area contributed by atoms with Crippen LogP contribution in [0.15, 0.2) is 18.2 Å². The minimum absolute atomic E-state index is 0.0531. The fourth-order valence-electron chi connectivity index (χ4n) is 2.08. The molecule has 0 aliphatic heterocycles. The van der Waals surface area contributed by atoms with Crippen LogP contribution in [-0.4, -0.2) is 44.2 Å². The van der Waals surface area contributed by atoms with Crippen molar-refractivity contribution in [1.82, 2.24) is 4.90 Å². The van der Waals surface area contributed by atoms with Crippen molar-refractivity contribution in [3.8, 4) is 0 Å². The van der Waals surface area contributed by atoms with Crippen molar-refractivity contribution < 1.29 is 9.53 Å². The van der Waals surface area contributed by atoms with E-state index in [0.717, 1.165) is 23.1 Å². The summed E-state index contributed by atoms with van der Waals surface area (Å²) in [7, 11) is 1.64. The van der Waals surface area contributed by atoms with E-state index in [0.29, 0.717) is 26.2 Å². The molecule has 0 saturated heterocycles. The molecule has 1 aromatic rings. The molecule has 0 saturated carbocycles. The van der Waals surface area contributed by atoms with Crippen molar-refractivity contribution in [3.05, 3.63) is 34.9 Å². The second-order valence-corrected chi connectivity index (χ2v) is 4.80. The highest BCUT2D eigenvalue weighted by Gasteiger charge is 2.15. The smallest absolute Gasteiger partial charge is 0.253 e. The third kappa shape index (κ3) is 5.01. The standard InChI is InChI=1S/C15H24N2O2/c1-12-9-13(2)11-14(10-12)15(18)17(6-4-5-16)7-8-19-3/h9-11H,4-8,16H2,1-3H3. The average molecular weight is 264 g/mol. The number of rotatable bonds is 7. The fraction of sp³-hybridized carbons (Fsp3) is 0.533. The van der Waals surface area contributed by atoms with Crippen LogP contribution in [0.2, 0.25) is 0 Å². The van der Waals surface area contributed by atoms with E-state index in [9.17, 15) is 4.79 Å². The molecule has 0 spiro atoms. The van der Waals surface area contributed by atoms with Crippen molar-refractivity contribution in [1.29, 1.82) is 0 Å². The lowest BCUT2D eigenvalue weighted by molar-refractivity contribution is 0.0694. The summed E-state index contributed by atoms with van der Waals surface area (Å²) >= 11 is 0. The Balaban J connectivity index is 2.84. The number of hydrogen-bond acceptors (Lipinski definition) is 3. The molecular formula is C15H24N2O2. The van der Waals surface area contributed by atoms with Gasteiger partial charge in [-0.25, -0.2) is 0 Å². The highest BCUT2D eigenvalue weighted by atomic mass is 16.5. The Morgan fingerprint density at radius 1 is 1.21 bits per heavy atom. The van der Waals surface area contributed by atoms with Gasteiger partial charge in [0.1, 0.15) is 0 Å². The van der Waals surface area contributed by atoms with Crippen LogP contribution in [0.5, 0.6) is 0 Å². The lowest BCUT2D eigenvalue weighted by Crippen LogP contribution is -2.35. The zero-order chi connectivity index (χ0) is 14.3. The maximum atomic E-state index is 12.5. The van der Waals surface area contributed by atoms with Crippen molar-refractivity contribution in [2.24, 2.45) is 5.73 Å². The van der Waals surface area contributed by atoms with Gasteiger partial charge in [0.15, 0.2) is 0 Å². The lowest BCUT2D eigenvalue weighted by Gasteiger charge is -2.22. The summed E-state index contributed by atoms with van der Waals surface area (Å²) in [4.78, 5) is 14.3. The maximum Gasteiger partial charge on any atom is 0.253 e. The molecule has 0 aromatic heterocycles. The van der Waals surface area contributed by atoms with Crippen LogP contribution in [0.25, 0.3) is 0 Å². The summed E-state index contributed by atoms with van der Waals surface area (Å²) in [6.07, 6.45) is 0.806. The molecule has 2 N–H and O–H groups in total. The fourth-order valence-corrected chi connectivity index (χ4v) is 2.08. The molecule has 106 valence electrons. The molecule has 0 radical (unpaired) electrons. The van der Waals surface area contributed by atoms with Gasteiger partial charge in [-0.2, -0.15) is 0 Å². The molecule has 1 aromatic carbocycles. The van der Waals surface area contributed by atoms with Crippen LogP contribution in [0.4, 0.5) is 0 Å². The van der Waals surface area contributed by atoms with E-state index in [-0.39, 0.29) is 5.91 Å². The van der Waals surface area contributed by atoms with Gasteiger partial charge in [-0.3, -0.25) is 4.79 Å². The first-order valence-corrected chi connectivity index (χ1v) is 6.65. The van der Waals surface area contributed by atoms with E-state index in [1.807, 2.05) is 30.9 Å². The number of carbonyl (C=O) groups is 1. The highest BCUT2D eigenvalue weighted by Crippen LogP contribution is 2.12. The van der Waals surface area contributed by atoms with E-state index in [1.54, 1.807) is 7.11 Å². The van der Waals surface area contributed by atoms with Gasteiger partial charge in [0.2, 0.25) is 0 Å². The van der Waals surface area contributed by atoms with Crippen LogP contribution in [0, 0.1) is 13.8 Å². The molecule has 4 heteroatoms. The summed E-state index contributed by atoms with van der Waals surface area (Å²) in [5.74, 6) is 0.0531. The Morgan fingerprint density at radius 3 is 2.37 bits per heavy atom. The number of hydrogen-bond donors (Lipinski definition) is 1. The van der Waals surface area contributed by atoms with E-state index < -0.39 is 0 Å². The molecule has 0 heterocycles. The van der Waals surface area contributed by atoms with Gasteiger partial charge < -0.3 is 15.4 Å². The van der Waals surface area contributed by atoms with Crippen LogP contribution in [-0.2, 0) is 4.74 Å². The van der Waals surface area contributed by atoms with Crippen molar-refractivity contribution in [2.75, 3.05) is 33.4 Å². The SMILES string of the molecule is COCCN(CCCN)C(=O)c1cc(C)cc(C)c1. The summed E-state index contributed by atoms with van der Waals surface area (Å²) in [6.45, 7) is 6.41. The van der Waals surface area contributed by atoms with Gasteiger partial charge in [0, 0.05) is 25.8 Å². The summed E-state index contributed by atoms with van der Waals surface area (Å²) < 4.78 is 5.06. The average Bonchev–Trinajstić information content (AvgIpc) is 2.37. The van der Waals surface area contributed by atoms with Gasteiger partial charge in [-0.15, -0.1) is 0 Å². The van der Waals surface area contributed by atoms with Gasteiger partial charge in [-0.1, -0.05) is 17.2 Å². The second-order valence-electron chi connectivity index (χ2n) is 4.80. The second kappa shape index (κ2) is 7.92. The van der Waals surface area contributed by atoms with Crippen LogP contribution in [0.3, 0.4) is 0 Å². The summed E-state index contributed by atoms with van der Waals surface area (Å²) in [5, 5.41) is 0. The first kappa shape index (κ1) is 15.7. The molecule has 1 amide bonds. The molecule has 1 rings (SSSR count). The monoisotopic (exact) mass is 264 g/mol. The molecule has 0 unspecified atom stereocenters. The van der Waals surface area contributed by atoms with E-state index >= 15 is 0 Å². The first-order chi connectivity index (χ1) is 9.08. The predicted octanol–water partition coefficient (Wildman–Crippen LogP) is 1.74. The first-order valence-electron chi connectivity index (χ1n) is 6.65. The zero-order valence-electron chi connectivity index (χ0n) is 12.1. The van der Waals surface area contributed by atoms with Gasteiger partial charge in [-0.05, 0) is 38.9 Å². The van der Waals surface area contributed by atoms with Crippen LogP contribution >= 0.6 is 0 Å². The summed E-state index contributed by atoms with van der Waals surface area (Å²) in [5.41, 5.74) is 8.48. The minimum Gasteiger partial charge on any atom is -0.383 e. The Kier molecular flexibility index (Phi) is 6.53. The van der Waals surface area contributed by atoms with Crippen LogP contribution < -0.4 is 5.73 Å². The maximum absolute atomic E-state index is 12.5. The molecule has 0 fully saturated rings. The quantitative estimate of drug-likeness (QED) is 0.816. The number of carbonyl (C=O) groups excluding carboxylic acids is 1. The molecule has 19 heavy (non-hydrogen) atoms. The number of nitrogens with two attached hydrogens (primary N) is 1. The zero-order valence-corrected chi connectivity index (χ0v) is 12.1. The topological polar surface area (TPSA) is 55.6 Å². The van der Waals surface area contributed by atoms with E-state index in [4.69, 9.17) is 10.5 Å². The van der Waals surface area contributed by atoms with Gasteiger partial charge in [0.05, 0.1) is 6.61 Å². The number of nitrogens with zero attached hydrogens (tertiary/aromatic N) is 1. The highest BCUT2D eigenvalue weighted by molar-refractivity contribution is 5.94. The van der Waals surface area contributed by atoms with Crippen molar-refractivity contribution in [3.63, 3.8) is 0 Å². The van der Waals surface area contributed by atoms with E-state index in [1.165, 1.54) is 0 Å². The number of methoxy groups -OCH3 is 1. The number of ether oxygens (including phenoxy) is 1. The van der Waals surface area contributed by atoms with Gasteiger partial charge >= 0.3 is 0 Å². The molecule has 4 nitrogen and oxygen atoms in total. The largest absolute Gasteiger partial charge is 0.383 e. The van der Waals surface area contributed by atoms with E-state index in [2.05, 4.69) is 6.07 Å². The Hall–Kier alpha value is -1.39. The Labute approximate surface area is 115 Å². The molecule has 0 atom stereocenters.